The minimum absolute atomic E-state index is 0.0158. The van der Waals surface area contributed by atoms with Gasteiger partial charge in [-0.3, -0.25) is 4.79 Å². The van der Waals surface area contributed by atoms with Gasteiger partial charge in [0.15, 0.2) is 0 Å². The van der Waals surface area contributed by atoms with Crippen LogP contribution in [-0.2, 0) is 10.9 Å². The first-order valence-electron chi connectivity index (χ1n) is 13.5. The summed E-state index contributed by atoms with van der Waals surface area (Å²) >= 11 is 0. The van der Waals surface area contributed by atoms with Crippen molar-refractivity contribution in [3.8, 4) is 11.1 Å². The van der Waals surface area contributed by atoms with Crippen molar-refractivity contribution < 1.29 is 22.7 Å². The van der Waals surface area contributed by atoms with Crippen molar-refractivity contribution in [1.29, 1.82) is 0 Å². The number of alkyl halides is 3. The van der Waals surface area contributed by atoms with E-state index in [1.54, 1.807) is 12.3 Å². The lowest BCUT2D eigenvalue weighted by Crippen LogP contribution is -2.40. The van der Waals surface area contributed by atoms with Crippen LogP contribution in [0, 0.1) is 0 Å². The third-order valence-electron chi connectivity index (χ3n) is 7.62. The first kappa shape index (κ1) is 26.2. The smallest absolute Gasteiger partial charge is 0.378 e. The predicted molar refractivity (Wildman–Crippen MR) is 144 cm³/mol. The molecule has 4 aromatic rings. The number of fused-ring (bicyclic) bond motifs is 1. The Hall–Kier alpha value is -3.99. The van der Waals surface area contributed by atoms with Crippen LogP contribution in [0.15, 0.2) is 54.7 Å². The number of halogens is 3. The lowest BCUT2D eigenvalue weighted by atomic mass is 9.95. The average molecular weight is 551 g/mol. The van der Waals surface area contributed by atoms with Crippen LogP contribution >= 0.6 is 0 Å². The number of hydrogen-bond donors (Lipinski definition) is 1. The Balaban J connectivity index is 1.28. The Morgan fingerprint density at radius 1 is 0.950 bits per heavy atom. The van der Waals surface area contributed by atoms with Crippen LogP contribution in [0.2, 0.25) is 0 Å². The molecule has 11 heteroatoms. The van der Waals surface area contributed by atoms with Gasteiger partial charge in [-0.2, -0.15) is 13.2 Å². The van der Waals surface area contributed by atoms with E-state index in [2.05, 4.69) is 20.6 Å². The summed E-state index contributed by atoms with van der Waals surface area (Å²) in [4.78, 5) is 18.6. The number of amides is 1. The second-order valence-electron chi connectivity index (χ2n) is 10.2. The quantitative estimate of drug-likeness (QED) is 0.317. The molecule has 0 atom stereocenters. The molecule has 8 nitrogen and oxygen atoms in total. The van der Waals surface area contributed by atoms with E-state index in [1.165, 1.54) is 36.3 Å². The summed E-state index contributed by atoms with van der Waals surface area (Å²) < 4.78 is 49.5. The Bertz CT molecular complexity index is 1520. The topological polar surface area (TPSA) is 85.2 Å². The van der Waals surface area contributed by atoms with Gasteiger partial charge in [-0.25, -0.2) is 9.67 Å². The van der Waals surface area contributed by atoms with Crippen LogP contribution in [-0.4, -0.2) is 57.1 Å². The first-order chi connectivity index (χ1) is 19.4. The van der Waals surface area contributed by atoms with Crippen LogP contribution < -0.4 is 5.32 Å². The van der Waals surface area contributed by atoms with E-state index in [9.17, 15) is 18.0 Å². The molecule has 208 valence electrons. The van der Waals surface area contributed by atoms with Gasteiger partial charge in [-0.1, -0.05) is 30.5 Å². The molecular weight excluding hydrogens is 521 g/mol. The predicted octanol–water partition coefficient (Wildman–Crippen LogP) is 6.23. The van der Waals surface area contributed by atoms with Crippen LogP contribution in [0.1, 0.15) is 54.1 Å². The number of nitrogens with zero attached hydrogens (tertiary/aromatic N) is 5. The molecule has 1 saturated heterocycles. The Kier molecular flexibility index (Phi) is 7.14. The van der Waals surface area contributed by atoms with Gasteiger partial charge in [0.2, 0.25) is 0 Å². The monoisotopic (exact) mass is 550 g/mol. The lowest BCUT2D eigenvalue weighted by molar-refractivity contribution is -0.136. The van der Waals surface area contributed by atoms with Crippen LogP contribution in [0.5, 0.6) is 0 Å². The number of benzene rings is 2. The molecule has 3 heterocycles. The maximum atomic E-state index is 14.1. The van der Waals surface area contributed by atoms with Crippen LogP contribution in [0.25, 0.3) is 22.2 Å². The fourth-order valence-electron chi connectivity index (χ4n) is 5.50. The van der Waals surface area contributed by atoms with Crippen molar-refractivity contribution in [2.75, 3.05) is 31.6 Å². The number of pyridine rings is 1. The minimum Gasteiger partial charge on any atom is -0.378 e. The van der Waals surface area contributed by atoms with Crippen molar-refractivity contribution in [3.05, 3.63) is 65.9 Å². The van der Waals surface area contributed by atoms with Gasteiger partial charge >= 0.3 is 6.18 Å². The summed E-state index contributed by atoms with van der Waals surface area (Å²) in [5.74, 6) is -0.188. The molecule has 1 saturated carbocycles. The molecule has 0 unspecified atom stereocenters. The summed E-state index contributed by atoms with van der Waals surface area (Å²) in [7, 11) is 0. The highest BCUT2D eigenvalue weighted by Crippen LogP contribution is 2.37. The summed E-state index contributed by atoms with van der Waals surface area (Å²) in [6.45, 7) is 1.43. The van der Waals surface area contributed by atoms with Crippen LogP contribution in [0.4, 0.5) is 24.7 Å². The molecule has 1 N–H and O–H groups in total. The maximum Gasteiger partial charge on any atom is 0.418 e. The number of ether oxygens (including phenoxy) is 1. The van der Waals surface area contributed by atoms with Crippen LogP contribution in [0.3, 0.4) is 0 Å². The molecule has 2 fully saturated rings. The molecule has 1 amide bonds. The van der Waals surface area contributed by atoms with Gasteiger partial charge in [0.25, 0.3) is 5.91 Å². The Labute approximate surface area is 229 Å². The molecule has 1 aliphatic carbocycles. The van der Waals surface area contributed by atoms with Gasteiger partial charge in [0, 0.05) is 24.8 Å². The third-order valence-corrected chi connectivity index (χ3v) is 7.62. The molecule has 2 aliphatic rings. The highest BCUT2D eigenvalue weighted by molar-refractivity contribution is 5.95. The Morgan fingerprint density at radius 2 is 1.73 bits per heavy atom. The van der Waals surface area contributed by atoms with Crippen molar-refractivity contribution in [3.63, 3.8) is 0 Å². The summed E-state index contributed by atoms with van der Waals surface area (Å²) in [6.07, 6.45) is 2.62. The first-order valence-corrected chi connectivity index (χ1v) is 13.5. The van der Waals surface area contributed by atoms with Gasteiger partial charge in [-0.15, -0.1) is 5.10 Å². The fraction of sp³-hybridized carbons (Fsp3) is 0.379. The van der Waals surface area contributed by atoms with E-state index in [0.717, 1.165) is 41.1 Å². The number of rotatable bonds is 5. The highest BCUT2D eigenvalue weighted by atomic mass is 19.4. The van der Waals surface area contributed by atoms with E-state index in [0.29, 0.717) is 32.3 Å². The molecule has 0 radical (unpaired) electrons. The summed E-state index contributed by atoms with van der Waals surface area (Å²) in [6, 6.07) is 13.3. The number of anilines is 2. The van der Waals surface area contributed by atoms with Crippen molar-refractivity contribution >= 4 is 28.4 Å². The standard InChI is InChI=1S/C29H29F3N6O2/c30-29(31,32)23-16-21(28(39)37-12-14-40-15-13-37)7-8-24(23)34-27-18-20(10-11-33-27)19-6-9-25-26(17-19)38(36-35-25)22-4-2-1-3-5-22/h6-11,16-18,22H,1-5,12-15H2,(H,33,34). The largest absolute Gasteiger partial charge is 0.418 e. The normalized spacial score (nSPS) is 16.8. The summed E-state index contributed by atoms with van der Waals surface area (Å²) in [5.41, 5.74) is 2.31. The second kappa shape index (κ2) is 10.9. The van der Waals surface area contributed by atoms with Gasteiger partial charge in [-0.05, 0) is 66.4 Å². The fourth-order valence-corrected chi connectivity index (χ4v) is 5.50. The third kappa shape index (κ3) is 5.38. The molecule has 2 aromatic heterocycles. The van der Waals surface area contributed by atoms with Gasteiger partial charge in [0.1, 0.15) is 11.3 Å². The van der Waals surface area contributed by atoms with Crippen molar-refractivity contribution in [2.24, 2.45) is 0 Å². The van der Waals surface area contributed by atoms with E-state index in [4.69, 9.17) is 4.74 Å². The number of morpholine rings is 1. The second-order valence-corrected chi connectivity index (χ2v) is 10.2. The van der Waals surface area contributed by atoms with Crippen molar-refractivity contribution in [2.45, 2.75) is 44.3 Å². The molecule has 40 heavy (non-hydrogen) atoms. The highest BCUT2D eigenvalue weighted by Gasteiger charge is 2.35. The average Bonchev–Trinajstić information content (AvgIpc) is 3.41. The van der Waals surface area contributed by atoms with E-state index >= 15 is 0 Å². The van der Waals surface area contributed by atoms with E-state index in [-0.39, 0.29) is 17.1 Å². The van der Waals surface area contributed by atoms with Crippen molar-refractivity contribution in [1.82, 2.24) is 24.9 Å². The SMILES string of the molecule is O=C(c1ccc(Nc2cc(-c3ccc4nnn(C5CCCCC5)c4c3)ccn2)c(C(F)(F)F)c1)N1CCOCC1. The molecule has 0 spiro atoms. The Morgan fingerprint density at radius 3 is 2.50 bits per heavy atom. The lowest BCUT2D eigenvalue weighted by Gasteiger charge is -2.27. The van der Waals surface area contributed by atoms with E-state index < -0.39 is 17.6 Å². The number of carbonyl (C=O) groups excluding carboxylic acids is 1. The minimum atomic E-state index is -4.67. The zero-order valence-electron chi connectivity index (χ0n) is 21.8. The number of carbonyl (C=O) groups is 1. The van der Waals surface area contributed by atoms with E-state index in [1.807, 2.05) is 28.9 Å². The number of nitrogens with one attached hydrogen (secondary N) is 1. The summed E-state index contributed by atoms with van der Waals surface area (Å²) in [5, 5.41) is 11.6. The van der Waals surface area contributed by atoms with Gasteiger partial charge in [0.05, 0.1) is 36.0 Å². The molecule has 2 aromatic carbocycles. The number of hydrogen-bond acceptors (Lipinski definition) is 6. The molecular formula is C29H29F3N6O2. The van der Waals surface area contributed by atoms with Gasteiger partial charge < -0.3 is 15.0 Å². The molecule has 1 aliphatic heterocycles. The zero-order valence-corrected chi connectivity index (χ0v) is 21.8. The number of aromatic nitrogens is 4. The molecule has 6 rings (SSSR count). The zero-order chi connectivity index (χ0) is 27.7. The maximum absolute atomic E-state index is 14.1. The molecule has 0 bridgehead atoms.